The van der Waals surface area contributed by atoms with Gasteiger partial charge >= 0.3 is 6.18 Å². The number of rotatable bonds is 4. The van der Waals surface area contributed by atoms with Crippen LogP contribution in [0, 0.1) is 5.92 Å². The van der Waals surface area contributed by atoms with Gasteiger partial charge in [-0.2, -0.15) is 22.7 Å². The highest BCUT2D eigenvalue weighted by Gasteiger charge is 2.46. The maximum atomic E-state index is 12.7. The van der Waals surface area contributed by atoms with Gasteiger partial charge in [0.2, 0.25) is 5.95 Å². The Bertz CT molecular complexity index is 1020. The third-order valence-corrected chi connectivity index (χ3v) is 5.83. The van der Waals surface area contributed by atoms with E-state index in [4.69, 9.17) is 4.74 Å². The molecule has 0 atom stereocenters. The number of epoxide rings is 1. The first-order valence-corrected chi connectivity index (χ1v) is 9.69. The Hall–Kier alpha value is -2.68. The Morgan fingerprint density at radius 2 is 1.86 bits per heavy atom. The molecule has 1 N–H and O–H groups in total. The molecule has 6 nitrogen and oxygen atoms in total. The predicted octanol–water partition coefficient (Wildman–Crippen LogP) is 4.39. The molecule has 2 aliphatic rings. The summed E-state index contributed by atoms with van der Waals surface area (Å²) in [5, 5.41) is 7.44. The Morgan fingerprint density at radius 1 is 1.14 bits per heavy atom. The van der Waals surface area contributed by atoms with Crippen LogP contribution in [-0.4, -0.2) is 31.8 Å². The third-order valence-electron chi connectivity index (χ3n) is 5.83. The van der Waals surface area contributed by atoms with Crippen LogP contribution in [0.3, 0.4) is 0 Å². The molecular weight excluding hydrogens is 383 g/mol. The van der Waals surface area contributed by atoms with Crippen LogP contribution in [0.15, 0.2) is 36.5 Å². The van der Waals surface area contributed by atoms with Crippen molar-refractivity contribution in [3.63, 3.8) is 0 Å². The minimum atomic E-state index is -4.36. The zero-order valence-electron chi connectivity index (χ0n) is 15.6. The minimum absolute atomic E-state index is 0.169. The average molecular weight is 403 g/mol. The number of alkyl halides is 3. The second kappa shape index (κ2) is 6.69. The molecule has 2 fully saturated rings. The van der Waals surface area contributed by atoms with Crippen LogP contribution in [0.2, 0.25) is 0 Å². The summed E-state index contributed by atoms with van der Waals surface area (Å²) in [6, 6.07) is 6.56. The number of hydrogen-bond acceptors (Lipinski definition) is 5. The predicted molar refractivity (Wildman–Crippen MR) is 99.9 cm³/mol. The van der Waals surface area contributed by atoms with Gasteiger partial charge in [0.05, 0.1) is 17.8 Å². The minimum Gasteiger partial charge on any atom is -0.370 e. The number of hydrogen-bond donors (Lipinski definition) is 1. The molecule has 0 amide bonds. The SMILES string of the molecule is FC(F)(F)c1ccc(Nc2nc3ccnc(CC4CCC5(CC4)CO5)n3n2)cc1. The fourth-order valence-corrected chi connectivity index (χ4v) is 3.99. The highest BCUT2D eigenvalue weighted by atomic mass is 19.4. The lowest BCUT2D eigenvalue weighted by atomic mass is 9.80. The summed E-state index contributed by atoms with van der Waals surface area (Å²) >= 11 is 0. The molecular formula is C20H20F3N5O. The van der Waals surface area contributed by atoms with Gasteiger partial charge in [-0.05, 0) is 55.9 Å². The lowest BCUT2D eigenvalue weighted by Gasteiger charge is -2.25. The van der Waals surface area contributed by atoms with E-state index in [9.17, 15) is 13.2 Å². The molecule has 5 rings (SSSR count). The molecule has 152 valence electrons. The van der Waals surface area contributed by atoms with Crippen LogP contribution in [0.25, 0.3) is 5.65 Å². The standard InChI is InChI=1S/C20H20F3N5O/c21-20(22,23)14-1-3-15(4-2-14)25-18-26-16-7-10-24-17(28(16)27-18)11-13-5-8-19(9-6-13)12-29-19/h1-4,7,10,13H,5-6,8-9,11-12H2,(H,25,27). The van der Waals surface area contributed by atoms with Gasteiger partial charge in [-0.3, -0.25) is 0 Å². The number of aromatic nitrogens is 4. The molecule has 3 heterocycles. The molecule has 1 saturated heterocycles. The molecule has 0 radical (unpaired) electrons. The van der Waals surface area contributed by atoms with Crippen molar-refractivity contribution >= 4 is 17.3 Å². The molecule has 3 aromatic rings. The highest BCUT2D eigenvalue weighted by molar-refractivity contribution is 5.56. The van der Waals surface area contributed by atoms with Crippen LogP contribution in [0.4, 0.5) is 24.8 Å². The molecule has 0 unspecified atom stereocenters. The lowest BCUT2D eigenvalue weighted by molar-refractivity contribution is -0.137. The number of anilines is 2. The zero-order chi connectivity index (χ0) is 20.1. The summed E-state index contributed by atoms with van der Waals surface area (Å²) in [6.07, 6.45) is 2.61. The van der Waals surface area contributed by atoms with Crippen molar-refractivity contribution in [1.82, 2.24) is 19.6 Å². The molecule has 1 spiro atoms. The maximum absolute atomic E-state index is 12.7. The summed E-state index contributed by atoms with van der Waals surface area (Å²) in [5.74, 6) is 1.71. The first-order chi connectivity index (χ1) is 13.9. The van der Waals surface area contributed by atoms with Crippen molar-refractivity contribution in [1.29, 1.82) is 0 Å². The quantitative estimate of drug-likeness (QED) is 0.655. The molecule has 1 aliphatic heterocycles. The van der Waals surface area contributed by atoms with Gasteiger partial charge < -0.3 is 10.1 Å². The first kappa shape index (κ1) is 18.4. The maximum Gasteiger partial charge on any atom is 0.416 e. The molecule has 0 bridgehead atoms. The summed E-state index contributed by atoms with van der Waals surface area (Å²) in [4.78, 5) is 8.91. The number of nitrogens with zero attached hydrogens (tertiary/aromatic N) is 4. The van der Waals surface area contributed by atoms with E-state index in [0.717, 1.165) is 56.7 Å². The van der Waals surface area contributed by atoms with E-state index in [1.54, 1.807) is 16.8 Å². The number of nitrogens with one attached hydrogen (secondary N) is 1. The Labute approximate surface area is 165 Å². The molecule has 1 aliphatic carbocycles. The topological polar surface area (TPSA) is 67.6 Å². The number of fused-ring (bicyclic) bond motifs is 1. The fourth-order valence-electron chi connectivity index (χ4n) is 3.99. The molecule has 29 heavy (non-hydrogen) atoms. The van der Waals surface area contributed by atoms with Crippen LogP contribution in [-0.2, 0) is 17.3 Å². The zero-order valence-corrected chi connectivity index (χ0v) is 15.6. The van der Waals surface area contributed by atoms with Gasteiger partial charge in [0.25, 0.3) is 0 Å². The number of halogens is 3. The van der Waals surface area contributed by atoms with Crippen molar-refractivity contribution < 1.29 is 17.9 Å². The Morgan fingerprint density at radius 3 is 2.52 bits per heavy atom. The van der Waals surface area contributed by atoms with Gasteiger partial charge in [0.15, 0.2) is 5.65 Å². The summed E-state index contributed by atoms with van der Waals surface area (Å²) in [6.45, 7) is 0.898. The van der Waals surface area contributed by atoms with Crippen molar-refractivity contribution in [3.05, 3.63) is 47.9 Å². The molecule has 2 aromatic heterocycles. The molecule has 9 heteroatoms. The van der Waals surface area contributed by atoms with E-state index in [2.05, 4.69) is 20.4 Å². The molecule has 1 aromatic carbocycles. The van der Waals surface area contributed by atoms with E-state index in [0.29, 0.717) is 23.2 Å². The van der Waals surface area contributed by atoms with E-state index in [1.807, 2.05) is 0 Å². The monoisotopic (exact) mass is 403 g/mol. The van der Waals surface area contributed by atoms with E-state index < -0.39 is 11.7 Å². The van der Waals surface area contributed by atoms with Crippen molar-refractivity contribution in [2.75, 3.05) is 11.9 Å². The van der Waals surface area contributed by atoms with Gasteiger partial charge in [-0.25, -0.2) is 4.98 Å². The van der Waals surface area contributed by atoms with Gasteiger partial charge in [-0.15, -0.1) is 5.10 Å². The normalized spacial score (nSPS) is 24.2. The molecule has 1 saturated carbocycles. The van der Waals surface area contributed by atoms with Crippen molar-refractivity contribution in [3.8, 4) is 0 Å². The van der Waals surface area contributed by atoms with Gasteiger partial charge in [0.1, 0.15) is 5.82 Å². The van der Waals surface area contributed by atoms with Crippen LogP contribution in [0.1, 0.15) is 37.1 Å². The Kier molecular flexibility index (Phi) is 4.23. The lowest BCUT2D eigenvalue weighted by Crippen LogP contribution is -2.23. The van der Waals surface area contributed by atoms with Gasteiger partial charge in [-0.1, -0.05) is 0 Å². The fraction of sp³-hybridized carbons (Fsp3) is 0.450. The van der Waals surface area contributed by atoms with E-state index >= 15 is 0 Å². The summed E-state index contributed by atoms with van der Waals surface area (Å²) in [5.41, 5.74) is 0.623. The summed E-state index contributed by atoms with van der Waals surface area (Å²) in [7, 11) is 0. The largest absolute Gasteiger partial charge is 0.416 e. The van der Waals surface area contributed by atoms with Crippen molar-refractivity contribution in [2.24, 2.45) is 5.92 Å². The van der Waals surface area contributed by atoms with E-state index in [-0.39, 0.29) is 5.60 Å². The summed E-state index contributed by atoms with van der Waals surface area (Å²) < 4.78 is 45.4. The van der Waals surface area contributed by atoms with Crippen LogP contribution < -0.4 is 5.32 Å². The second-order valence-corrected chi connectivity index (χ2v) is 7.89. The van der Waals surface area contributed by atoms with Crippen LogP contribution >= 0.6 is 0 Å². The number of ether oxygens (including phenoxy) is 1. The first-order valence-electron chi connectivity index (χ1n) is 9.69. The average Bonchev–Trinajstić information content (AvgIpc) is 3.31. The smallest absolute Gasteiger partial charge is 0.370 e. The highest BCUT2D eigenvalue weighted by Crippen LogP contribution is 2.44. The Balaban J connectivity index is 1.32. The van der Waals surface area contributed by atoms with Gasteiger partial charge in [0, 0.05) is 24.4 Å². The van der Waals surface area contributed by atoms with Crippen LogP contribution in [0.5, 0.6) is 0 Å². The second-order valence-electron chi connectivity index (χ2n) is 7.89. The number of benzene rings is 1. The third kappa shape index (κ3) is 3.78. The van der Waals surface area contributed by atoms with Crippen molar-refractivity contribution in [2.45, 2.75) is 43.9 Å². The van der Waals surface area contributed by atoms with E-state index in [1.165, 1.54) is 12.1 Å².